The summed E-state index contributed by atoms with van der Waals surface area (Å²) in [5, 5.41) is 17.0. The van der Waals surface area contributed by atoms with E-state index in [1.807, 2.05) is 4.98 Å². The van der Waals surface area contributed by atoms with Gasteiger partial charge in [0.1, 0.15) is 11.8 Å². The Labute approximate surface area is 81.6 Å². The van der Waals surface area contributed by atoms with Crippen LogP contribution in [0.2, 0.25) is 0 Å². The highest BCUT2D eigenvalue weighted by molar-refractivity contribution is 5.89. The van der Waals surface area contributed by atoms with Crippen molar-refractivity contribution in [1.82, 2.24) is 4.98 Å². The summed E-state index contributed by atoms with van der Waals surface area (Å²) in [4.78, 5) is 23.2. The van der Waals surface area contributed by atoms with Gasteiger partial charge >= 0.3 is 5.97 Å². The van der Waals surface area contributed by atoms with Crippen LogP contribution in [0.15, 0.2) is 10.9 Å². The molecule has 5 nitrogen and oxygen atoms in total. The third-order valence-corrected chi connectivity index (χ3v) is 1.64. The maximum atomic E-state index is 12.4. The van der Waals surface area contributed by atoms with Crippen LogP contribution in [0, 0.1) is 11.3 Å². The summed E-state index contributed by atoms with van der Waals surface area (Å²) in [6.45, 7) is 0. The first kappa shape index (κ1) is 10.8. The summed E-state index contributed by atoms with van der Waals surface area (Å²) in [7, 11) is 0. The number of pyridine rings is 1. The van der Waals surface area contributed by atoms with Crippen molar-refractivity contribution in [3.8, 4) is 6.07 Å². The molecule has 78 valence electrons. The molecule has 0 amide bonds. The molecule has 0 aliphatic heterocycles. The molecule has 0 saturated heterocycles. The lowest BCUT2D eigenvalue weighted by molar-refractivity contribution is 0.0684. The number of alkyl halides is 2. The monoisotopic (exact) mass is 214 g/mol. The molecule has 0 radical (unpaired) electrons. The molecule has 1 heterocycles. The molecule has 0 fully saturated rings. The number of nitrogens with one attached hydrogen (secondary N) is 1. The quantitative estimate of drug-likeness (QED) is 0.764. The Balaban J connectivity index is 3.64. The number of aromatic carboxylic acids is 1. The first-order valence-electron chi connectivity index (χ1n) is 3.66. The number of H-pyrrole nitrogens is 1. The van der Waals surface area contributed by atoms with E-state index in [-0.39, 0.29) is 0 Å². The molecular formula is C8H4F2N2O3. The van der Waals surface area contributed by atoms with Gasteiger partial charge in [-0.25, -0.2) is 13.6 Å². The van der Waals surface area contributed by atoms with Gasteiger partial charge in [0.2, 0.25) is 5.56 Å². The highest BCUT2D eigenvalue weighted by Gasteiger charge is 2.23. The van der Waals surface area contributed by atoms with E-state index >= 15 is 0 Å². The number of carboxylic acids is 1. The normalized spacial score (nSPS) is 10.0. The van der Waals surface area contributed by atoms with Gasteiger partial charge in [-0.3, -0.25) is 4.79 Å². The van der Waals surface area contributed by atoms with Crippen LogP contribution in [0.4, 0.5) is 8.78 Å². The van der Waals surface area contributed by atoms with Crippen LogP contribution in [0.3, 0.4) is 0 Å². The van der Waals surface area contributed by atoms with E-state index in [1.165, 1.54) is 6.07 Å². The Bertz CT molecular complexity index is 502. The Morgan fingerprint density at radius 2 is 2.20 bits per heavy atom. The molecule has 0 unspecified atom stereocenters. The second-order valence-electron chi connectivity index (χ2n) is 2.55. The maximum absolute atomic E-state index is 12.4. The molecule has 1 aromatic heterocycles. The first-order valence-corrected chi connectivity index (χ1v) is 3.66. The minimum atomic E-state index is -3.14. The second kappa shape index (κ2) is 3.88. The Morgan fingerprint density at radius 1 is 1.60 bits per heavy atom. The number of carboxylic acid groups (broad SMARTS) is 1. The molecule has 0 atom stereocenters. The molecule has 1 rings (SSSR count). The zero-order valence-corrected chi connectivity index (χ0v) is 7.12. The molecule has 1 aromatic rings. The number of aromatic amines is 1. The number of rotatable bonds is 2. The number of carbonyl (C=O) groups is 1. The highest BCUT2D eigenvalue weighted by Crippen LogP contribution is 2.24. The van der Waals surface area contributed by atoms with E-state index < -0.39 is 34.8 Å². The summed E-state index contributed by atoms with van der Waals surface area (Å²) in [5.41, 5.74) is -3.46. The molecule has 0 aliphatic carbocycles. The van der Waals surface area contributed by atoms with Gasteiger partial charge in [0.05, 0.1) is 11.1 Å². The topological polar surface area (TPSA) is 94.0 Å². The number of hydrogen-bond acceptors (Lipinski definition) is 3. The standard InChI is InChI=1S/C8H4F2N2O3/c9-7(10)6-3(8(14)15)1-5(13)12-4(6)2-11/h1,7H,(H,12,13)(H,14,15). The fourth-order valence-electron chi connectivity index (χ4n) is 1.06. The number of nitrogens with zero attached hydrogens (tertiary/aromatic N) is 1. The molecule has 0 spiro atoms. The minimum absolute atomic E-state index is 0.519. The van der Waals surface area contributed by atoms with Crippen molar-refractivity contribution in [2.75, 3.05) is 0 Å². The summed E-state index contributed by atoms with van der Waals surface area (Å²) < 4.78 is 24.9. The molecule has 2 N–H and O–H groups in total. The number of halogens is 2. The van der Waals surface area contributed by atoms with Gasteiger partial charge < -0.3 is 10.1 Å². The van der Waals surface area contributed by atoms with Crippen LogP contribution in [0.1, 0.15) is 28.0 Å². The zero-order chi connectivity index (χ0) is 11.6. The number of hydrogen-bond donors (Lipinski definition) is 2. The largest absolute Gasteiger partial charge is 0.478 e. The van der Waals surface area contributed by atoms with Crippen molar-refractivity contribution >= 4 is 5.97 Å². The Hall–Kier alpha value is -2.23. The third-order valence-electron chi connectivity index (χ3n) is 1.64. The van der Waals surface area contributed by atoms with Crippen LogP contribution in [0.25, 0.3) is 0 Å². The second-order valence-corrected chi connectivity index (χ2v) is 2.55. The molecule has 0 bridgehead atoms. The van der Waals surface area contributed by atoms with Crippen LogP contribution >= 0.6 is 0 Å². The van der Waals surface area contributed by atoms with Gasteiger partial charge in [0.15, 0.2) is 0 Å². The molecule has 7 heteroatoms. The average Bonchev–Trinajstić information content (AvgIpc) is 2.15. The first-order chi connectivity index (χ1) is 6.97. The van der Waals surface area contributed by atoms with E-state index in [0.717, 1.165) is 0 Å². The van der Waals surface area contributed by atoms with Gasteiger partial charge in [-0.05, 0) is 0 Å². The SMILES string of the molecule is N#Cc1[nH]c(=O)cc(C(=O)O)c1C(F)F. The van der Waals surface area contributed by atoms with Gasteiger partial charge in [0, 0.05) is 6.07 Å². The fraction of sp³-hybridized carbons (Fsp3) is 0.125. The smallest absolute Gasteiger partial charge is 0.336 e. The molecule has 0 aromatic carbocycles. The predicted octanol–water partition coefficient (Wildman–Crippen LogP) is 0.882. The van der Waals surface area contributed by atoms with Crippen LogP contribution in [-0.2, 0) is 0 Å². The lowest BCUT2D eigenvalue weighted by Gasteiger charge is -2.05. The zero-order valence-electron chi connectivity index (χ0n) is 7.12. The summed E-state index contributed by atoms with van der Waals surface area (Å²) in [6.07, 6.45) is -3.14. The van der Waals surface area contributed by atoms with Crippen molar-refractivity contribution in [3.63, 3.8) is 0 Å². The van der Waals surface area contributed by atoms with Gasteiger partial charge in [-0.1, -0.05) is 0 Å². The van der Waals surface area contributed by atoms with Crippen LogP contribution < -0.4 is 5.56 Å². The van der Waals surface area contributed by atoms with Crippen molar-refractivity contribution in [2.45, 2.75) is 6.43 Å². The van der Waals surface area contributed by atoms with Crippen LogP contribution in [-0.4, -0.2) is 16.1 Å². The summed E-state index contributed by atoms with van der Waals surface area (Å²) in [6, 6.07) is 1.83. The van der Waals surface area contributed by atoms with E-state index in [4.69, 9.17) is 10.4 Å². The van der Waals surface area contributed by atoms with Gasteiger partial charge in [-0.2, -0.15) is 5.26 Å². The predicted molar refractivity (Wildman–Crippen MR) is 43.7 cm³/mol. The van der Waals surface area contributed by atoms with Crippen molar-refractivity contribution in [1.29, 1.82) is 5.26 Å². The molecule has 0 saturated carbocycles. The van der Waals surface area contributed by atoms with Crippen LogP contribution in [0.5, 0.6) is 0 Å². The van der Waals surface area contributed by atoms with E-state index in [1.54, 1.807) is 0 Å². The Morgan fingerprint density at radius 3 is 2.60 bits per heavy atom. The minimum Gasteiger partial charge on any atom is -0.478 e. The van der Waals surface area contributed by atoms with E-state index in [2.05, 4.69) is 0 Å². The maximum Gasteiger partial charge on any atom is 0.336 e. The highest BCUT2D eigenvalue weighted by atomic mass is 19.3. The summed E-state index contributed by atoms with van der Waals surface area (Å²) in [5.74, 6) is -1.67. The molecule has 15 heavy (non-hydrogen) atoms. The fourth-order valence-corrected chi connectivity index (χ4v) is 1.06. The Kier molecular flexibility index (Phi) is 2.80. The third kappa shape index (κ3) is 1.99. The van der Waals surface area contributed by atoms with Gasteiger partial charge in [0.25, 0.3) is 6.43 Å². The lowest BCUT2D eigenvalue weighted by Crippen LogP contribution is -2.16. The van der Waals surface area contributed by atoms with E-state index in [0.29, 0.717) is 6.07 Å². The average molecular weight is 214 g/mol. The number of nitriles is 1. The van der Waals surface area contributed by atoms with Crippen molar-refractivity contribution < 1.29 is 18.7 Å². The van der Waals surface area contributed by atoms with Gasteiger partial charge in [-0.15, -0.1) is 0 Å². The van der Waals surface area contributed by atoms with Crippen molar-refractivity contribution in [3.05, 3.63) is 33.2 Å². The lowest BCUT2D eigenvalue weighted by atomic mass is 10.1. The van der Waals surface area contributed by atoms with Crippen molar-refractivity contribution in [2.24, 2.45) is 0 Å². The molecular weight excluding hydrogens is 210 g/mol. The number of aromatic nitrogens is 1. The molecule has 0 aliphatic rings. The van der Waals surface area contributed by atoms with E-state index in [9.17, 15) is 18.4 Å². The summed E-state index contributed by atoms with van der Waals surface area (Å²) >= 11 is 0.